The Morgan fingerprint density at radius 3 is 2.00 bits per heavy atom. The fourth-order valence-corrected chi connectivity index (χ4v) is 0.601. The van der Waals surface area contributed by atoms with Gasteiger partial charge in [-0.3, -0.25) is 0 Å². The molecule has 0 aliphatic carbocycles. The molecular formula is C6H12N2OS. The van der Waals surface area contributed by atoms with E-state index in [0.29, 0.717) is 0 Å². The van der Waals surface area contributed by atoms with E-state index in [0.717, 1.165) is 0 Å². The van der Waals surface area contributed by atoms with Crippen LogP contribution in [-0.4, -0.2) is 15.2 Å². The van der Waals surface area contributed by atoms with E-state index in [4.69, 9.17) is 6.57 Å². The molecule has 0 rings (SSSR count). The van der Waals surface area contributed by atoms with Crippen LogP contribution < -0.4 is 0 Å². The molecule has 4 heteroatoms. The highest BCUT2D eigenvalue weighted by molar-refractivity contribution is 7.94. The molecule has 0 saturated heterocycles. The third-order valence-electron chi connectivity index (χ3n) is 1.33. The van der Waals surface area contributed by atoms with Gasteiger partial charge in [0.25, 0.3) is 0 Å². The lowest BCUT2D eigenvalue weighted by Gasteiger charge is -2.15. The number of rotatable bonds is 0. The fourth-order valence-electron chi connectivity index (χ4n) is 0.200. The predicted octanol–water partition coefficient (Wildman–Crippen LogP) is 1.72. The van der Waals surface area contributed by atoms with Gasteiger partial charge in [0.05, 0.1) is 4.75 Å². The molecule has 1 unspecified atom stereocenters. The van der Waals surface area contributed by atoms with Crippen molar-refractivity contribution in [2.24, 2.45) is 4.47 Å². The van der Waals surface area contributed by atoms with Gasteiger partial charge >= 0.3 is 0 Å². The molecule has 0 spiro atoms. The Labute approximate surface area is 62.4 Å². The standard InChI is InChI=1S/C6H12N2OS/c1-6(2,3)10(5,9)8-7-4/h1-3,5H3. The minimum Gasteiger partial charge on any atom is -0.243 e. The van der Waals surface area contributed by atoms with E-state index in [-0.39, 0.29) is 0 Å². The van der Waals surface area contributed by atoms with Crippen molar-refractivity contribution in [3.8, 4) is 0 Å². The summed E-state index contributed by atoms with van der Waals surface area (Å²) < 4.78 is 14.4. The van der Waals surface area contributed by atoms with Gasteiger partial charge in [0.2, 0.25) is 0 Å². The van der Waals surface area contributed by atoms with Crippen molar-refractivity contribution in [1.82, 2.24) is 0 Å². The zero-order valence-corrected chi connectivity index (χ0v) is 7.53. The molecule has 0 N–H and O–H groups in total. The van der Waals surface area contributed by atoms with Crippen molar-refractivity contribution < 1.29 is 4.21 Å². The average molecular weight is 160 g/mol. The lowest BCUT2D eigenvalue weighted by molar-refractivity contribution is 0.645. The SMILES string of the molecule is [C-]#[N+]N=S(C)(=O)C(C)(C)C. The van der Waals surface area contributed by atoms with Gasteiger partial charge in [-0.15, -0.1) is 4.95 Å². The van der Waals surface area contributed by atoms with Crippen molar-refractivity contribution in [3.05, 3.63) is 11.5 Å². The largest absolute Gasteiger partial charge is 0.243 e. The first kappa shape index (κ1) is 9.44. The third kappa shape index (κ3) is 1.99. The summed E-state index contributed by atoms with van der Waals surface area (Å²) in [6.45, 7) is 11.8. The number of hydrogen-bond acceptors (Lipinski definition) is 2. The van der Waals surface area contributed by atoms with Crippen LogP contribution >= 0.6 is 0 Å². The second-order valence-electron chi connectivity index (χ2n) is 3.10. The Balaban J connectivity index is 5.01. The Morgan fingerprint density at radius 2 is 1.90 bits per heavy atom. The van der Waals surface area contributed by atoms with Gasteiger partial charge < -0.3 is 0 Å². The first-order valence-electron chi connectivity index (χ1n) is 2.89. The van der Waals surface area contributed by atoms with Gasteiger partial charge in [-0.05, 0) is 20.8 Å². The van der Waals surface area contributed by atoms with Gasteiger partial charge in [0, 0.05) is 6.26 Å². The highest BCUT2D eigenvalue weighted by Crippen LogP contribution is 2.15. The van der Waals surface area contributed by atoms with Gasteiger partial charge in [-0.2, -0.15) is 6.57 Å². The second kappa shape index (κ2) is 2.59. The number of hydrogen-bond donors (Lipinski definition) is 0. The van der Waals surface area contributed by atoms with Crippen LogP contribution in [0.4, 0.5) is 0 Å². The maximum atomic E-state index is 11.4. The molecule has 58 valence electrons. The Bertz CT molecular complexity index is 260. The Morgan fingerprint density at radius 1 is 1.50 bits per heavy atom. The van der Waals surface area contributed by atoms with Crippen LogP contribution in [0.3, 0.4) is 0 Å². The molecule has 0 aliphatic heterocycles. The van der Waals surface area contributed by atoms with Crippen LogP contribution in [-0.2, 0) is 9.73 Å². The summed E-state index contributed by atoms with van der Waals surface area (Å²) in [7, 11) is -2.33. The maximum Gasteiger partial charge on any atom is 0.144 e. The van der Waals surface area contributed by atoms with Crippen LogP contribution in [0, 0.1) is 6.57 Å². The molecule has 1 atom stereocenters. The smallest absolute Gasteiger partial charge is 0.144 e. The molecule has 0 aromatic heterocycles. The van der Waals surface area contributed by atoms with Crippen molar-refractivity contribution in [3.63, 3.8) is 0 Å². The molecule has 0 aromatic rings. The molecular weight excluding hydrogens is 148 g/mol. The molecule has 10 heavy (non-hydrogen) atoms. The summed E-state index contributed by atoms with van der Waals surface area (Å²) in [6, 6.07) is 0. The first-order valence-corrected chi connectivity index (χ1v) is 4.81. The van der Waals surface area contributed by atoms with Gasteiger partial charge in [0.15, 0.2) is 0 Å². The quantitative estimate of drug-likeness (QED) is 0.392. The lowest BCUT2D eigenvalue weighted by atomic mass is 10.3. The lowest BCUT2D eigenvalue weighted by Crippen LogP contribution is -2.25. The summed E-state index contributed by atoms with van der Waals surface area (Å²) in [4.78, 5) is 2.77. The summed E-state index contributed by atoms with van der Waals surface area (Å²) in [5, 5.41) is 0. The van der Waals surface area contributed by atoms with Gasteiger partial charge in [-0.25, -0.2) is 4.21 Å². The third-order valence-corrected chi connectivity index (χ3v) is 4.00. The first-order chi connectivity index (χ1) is 4.31. The van der Waals surface area contributed by atoms with E-state index in [9.17, 15) is 4.21 Å². The molecule has 0 fully saturated rings. The maximum absolute atomic E-state index is 11.4. The Hall–Kier alpha value is -0.560. The van der Waals surface area contributed by atoms with E-state index in [2.05, 4.69) is 9.43 Å². The highest BCUT2D eigenvalue weighted by atomic mass is 32.2. The van der Waals surface area contributed by atoms with Crippen molar-refractivity contribution in [2.75, 3.05) is 6.26 Å². The molecule has 0 aliphatic rings. The fraction of sp³-hybridized carbons (Fsp3) is 0.833. The van der Waals surface area contributed by atoms with Crippen LogP contribution in [0.2, 0.25) is 0 Å². The van der Waals surface area contributed by atoms with E-state index in [1.54, 1.807) is 0 Å². The second-order valence-corrected chi connectivity index (χ2v) is 6.09. The molecule has 0 radical (unpaired) electrons. The van der Waals surface area contributed by atoms with E-state index < -0.39 is 14.5 Å². The normalized spacial score (nSPS) is 17.1. The van der Waals surface area contributed by atoms with Gasteiger partial charge in [0.1, 0.15) is 14.2 Å². The summed E-state index contributed by atoms with van der Waals surface area (Å²) in [6.07, 6.45) is 1.50. The molecule has 0 bridgehead atoms. The molecule has 3 nitrogen and oxygen atoms in total. The van der Waals surface area contributed by atoms with Crippen LogP contribution in [0.5, 0.6) is 0 Å². The molecule has 0 saturated carbocycles. The average Bonchev–Trinajstić information content (AvgIpc) is 1.61. The highest BCUT2D eigenvalue weighted by Gasteiger charge is 2.24. The van der Waals surface area contributed by atoms with Crippen LogP contribution in [0.25, 0.3) is 4.95 Å². The molecule has 0 heterocycles. The zero-order chi connectivity index (χ0) is 8.41. The number of nitrogens with zero attached hydrogens (tertiary/aromatic N) is 2. The molecule has 0 aromatic carbocycles. The monoisotopic (exact) mass is 160 g/mol. The van der Waals surface area contributed by atoms with Crippen LogP contribution in [0.15, 0.2) is 4.47 Å². The predicted molar refractivity (Wildman–Crippen MR) is 42.8 cm³/mol. The topological polar surface area (TPSA) is 33.8 Å². The minimum atomic E-state index is -2.33. The van der Waals surface area contributed by atoms with E-state index in [1.807, 2.05) is 20.8 Å². The van der Waals surface area contributed by atoms with Gasteiger partial charge in [-0.1, -0.05) is 0 Å². The van der Waals surface area contributed by atoms with E-state index in [1.165, 1.54) is 6.26 Å². The minimum absolute atomic E-state index is 0.405. The van der Waals surface area contributed by atoms with E-state index >= 15 is 0 Å². The van der Waals surface area contributed by atoms with Crippen LogP contribution in [0.1, 0.15) is 20.8 Å². The Kier molecular flexibility index (Phi) is 2.44. The zero-order valence-electron chi connectivity index (χ0n) is 6.71. The van der Waals surface area contributed by atoms with Crippen molar-refractivity contribution >= 4 is 9.73 Å². The summed E-state index contributed by atoms with van der Waals surface area (Å²) in [5.74, 6) is 0. The summed E-state index contributed by atoms with van der Waals surface area (Å²) in [5.41, 5.74) is 0. The van der Waals surface area contributed by atoms with Crippen molar-refractivity contribution in [2.45, 2.75) is 25.5 Å². The van der Waals surface area contributed by atoms with Crippen molar-refractivity contribution in [1.29, 1.82) is 0 Å². The summed E-state index contributed by atoms with van der Waals surface area (Å²) >= 11 is 0. The molecule has 0 amide bonds.